The maximum Gasteiger partial charge on any atom is 0.573 e. The molecule has 1 fully saturated rings. The Morgan fingerprint density at radius 2 is 1.86 bits per heavy atom. The van der Waals surface area contributed by atoms with Gasteiger partial charge in [-0.3, -0.25) is 9.62 Å². The molecule has 1 aliphatic rings. The van der Waals surface area contributed by atoms with Crippen molar-refractivity contribution in [1.29, 1.82) is 0 Å². The summed E-state index contributed by atoms with van der Waals surface area (Å²) >= 11 is 1.26. The Bertz CT molecular complexity index is 789. The second kappa shape index (κ2) is 9.64. The summed E-state index contributed by atoms with van der Waals surface area (Å²) in [4.78, 5) is 2.84. The van der Waals surface area contributed by atoms with Crippen molar-refractivity contribution in [1.82, 2.24) is 9.62 Å². The molecule has 0 amide bonds. The van der Waals surface area contributed by atoms with Crippen molar-refractivity contribution in [2.45, 2.75) is 36.9 Å². The van der Waals surface area contributed by atoms with Crippen LogP contribution in [0.2, 0.25) is 0 Å². The van der Waals surface area contributed by atoms with E-state index in [9.17, 15) is 22.0 Å². The number of nitrogens with one attached hydrogen (secondary N) is 1. The molecule has 29 heavy (non-hydrogen) atoms. The third-order valence-electron chi connectivity index (χ3n) is 4.21. The summed E-state index contributed by atoms with van der Waals surface area (Å²) in [7, 11) is 0. The van der Waals surface area contributed by atoms with E-state index in [2.05, 4.69) is 19.1 Å². The molecule has 1 aliphatic heterocycles. The van der Waals surface area contributed by atoms with Gasteiger partial charge in [-0.15, -0.1) is 13.2 Å². The van der Waals surface area contributed by atoms with Crippen LogP contribution in [0.4, 0.5) is 22.0 Å². The second-order valence-electron chi connectivity index (χ2n) is 6.49. The van der Waals surface area contributed by atoms with E-state index in [0.29, 0.717) is 11.4 Å². The number of nitrogens with zero attached hydrogens (tertiary/aromatic N) is 1. The van der Waals surface area contributed by atoms with E-state index in [-0.39, 0.29) is 17.5 Å². The summed E-state index contributed by atoms with van der Waals surface area (Å²) in [5.74, 6) is -0.130. The molecular weight excluding hydrogens is 415 g/mol. The van der Waals surface area contributed by atoms with Crippen molar-refractivity contribution in [3.05, 3.63) is 54.1 Å². The van der Waals surface area contributed by atoms with Gasteiger partial charge in [-0.2, -0.15) is 8.78 Å². The normalized spacial score (nSPS) is 17.7. The van der Waals surface area contributed by atoms with Crippen molar-refractivity contribution in [3.8, 4) is 11.5 Å². The highest BCUT2D eigenvalue weighted by Crippen LogP contribution is 2.27. The molecule has 2 aromatic carbocycles. The fourth-order valence-electron chi connectivity index (χ4n) is 2.99. The van der Waals surface area contributed by atoms with Crippen molar-refractivity contribution in [2.75, 3.05) is 13.1 Å². The van der Waals surface area contributed by atoms with E-state index in [1.165, 1.54) is 42.3 Å². The number of hydrogen-bond acceptors (Lipinski definition) is 5. The number of halogens is 5. The predicted octanol–water partition coefficient (Wildman–Crippen LogP) is 5.06. The minimum atomic E-state index is -4.72. The summed E-state index contributed by atoms with van der Waals surface area (Å²) in [6, 6.07) is 12.5. The smallest absolute Gasteiger partial charge is 0.435 e. The van der Waals surface area contributed by atoms with Crippen LogP contribution in [0.15, 0.2) is 53.4 Å². The topological polar surface area (TPSA) is 33.7 Å². The van der Waals surface area contributed by atoms with Crippen LogP contribution >= 0.6 is 11.9 Å². The van der Waals surface area contributed by atoms with Crippen molar-refractivity contribution in [3.63, 3.8) is 0 Å². The lowest BCUT2D eigenvalue weighted by molar-refractivity contribution is -0.274. The zero-order valence-electron chi connectivity index (χ0n) is 15.2. The molecule has 158 valence electrons. The first kappa shape index (κ1) is 21.7. The molecule has 2 aromatic rings. The zero-order valence-corrected chi connectivity index (χ0v) is 16.0. The Morgan fingerprint density at radius 1 is 1.10 bits per heavy atom. The van der Waals surface area contributed by atoms with Crippen molar-refractivity contribution >= 4 is 11.9 Å². The van der Waals surface area contributed by atoms with Crippen LogP contribution in [0.25, 0.3) is 0 Å². The highest BCUT2D eigenvalue weighted by molar-refractivity contribution is 7.97. The molecule has 0 aliphatic carbocycles. The highest BCUT2D eigenvalue weighted by atomic mass is 32.2. The SMILES string of the molecule is FC(F)Oc1ccc(CN2CCC(NSc3cccc(OC(F)(F)F)c3)C2)cc1. The lowest BCUT2D eigenvalue weighted by Crippen LogP contribution is -2.28. The standard InChI is InChI=1S/C19H19F5N2O2S/c20-18(21)27-15-6-4-13(5-7-15)11-26-9-8-14(12-26)25-29-17-3-1-2-16(10-17)28-19(22,23)24/h1-7,10,14,18,25H,8-9,11-12H2. The third kappa shape index (κ3) is 7.37. The Hall–Kier alpha value is -2.04. The molecule has 3 rings (SSSR count). The minimum absolute atomic E-state index is 0.123. The monoisotopic (exact) mass is 434 g/mol. The molecule has 0 radical (unpaired) electrons. The van der Waals surface area contributed by atoms with Gasteiger partial charge < -0.3 is 9.47 Å². The Kier molecular flexibility index (Phi) is 7.20. The van der Waals surface area contributed by atoms with Gasteiger partial charge >= 0.3 is 13.0 Å². The van der Waals surface area contributed by atoms with Crippen LogP contribution < -0.4 is 14.2 Å². The average Bonchev–Trinajstić information content (AvgIpc) is 3.07. The van der Waals surface area contributed by atoms with Crippen LogP contribution in [0, 0.1) is 0 Å². The molecule has 0 aromatic heterocycles. The molecule has 1 unspecified atom stereocenters. The molecule has 10 heteroatoms. The number of benzene rings is 2. The maximum absolute atomic E-state index is 12.3. The van der Waals surface area contributed by atoms with Gasteiger partial charge in [-0.25, -0.2) is 0 Å². The first-order valence-electron chi connectivity index (χ1n) is 8.81. The summed E-state index contributed by atoms with van der Waals surface area (Å²) in [5.41, 5.74) is 0.983. The van der Waals surface area contributed by atoms with Crippen molar-refractivity contribution in [2.24, 2.45) is 0 Å². The van der Waals surface area contributed by atoms with E-state index >= 15 is 0 Å². The van der Waals surface area contributed by atoms with Gasteiger partial charge in [0.25, 0.3) is 0 Å². The largest absolute Gasteiger partial charge is 0.573 e. The fourth-order valence-corrected chi connectivity index (χ4v) is 3.81. The molecular formula is C19H19F5N2O2S. The first-order chi connectivity index (χ1) is 13.8. The van der Waals surface area contributed by atoms with Crippen molar-refractivity contribution < 1.29 is 31.4 Å². The summed E-state index contributed by atoms with van der Waals surface area (Å²) in [5, 5.41) is 0. The van der Waals surface area contributed by atoms with Gasteiger partial charge in [0, 0.05) is 30.6 Å². The predicted molar refractivity (Wildman–Crippen MR) is 98.9 cm³/mol. The molecule has 0 spiro atoms. The maximum atomic E-state index is 12.3. The Balaban J connectivity index is 1.45. The zero-order chi connectivity index (χ0) is 20.9. The number of ether oxygens (including phenoxy) is 2. The van der Waals surface area contributed by atoms with Gasteiger partial charge in [0.1, 0.15) is 11.5 Å². The second-order valence-corrected chi connectivity index (χ2v) is 7.40. The van der Waals surface area contributed by atoms with Crippen LogP contribution in [0.3, 0.4) is 0 Å². The lowest BCUT2D eigenvalue weighted by atomic mass is 10.2. The number of likely N-dealkylation sites (tertiary alicyclic amines) is 1. The molecule has 1 saturated heterocycles. The van der Waals surface area contributed by atoms with E-state index in [0.717, 1.165) is 25.1 Å². The fraction of sp³-hybridized carbons (Fsp3) is 0.368. The Morgan fingerprint density at radius 3 is 2.55 bits per heavy atom. The number of rotatable bonds is 8. The lowest BCUT2D eigenvalue weighted by Gasteiger charge is -2.17. The minimum Gasteiger partial charge on any atom is -0.435 e. The Labute approximate surface area is 169 Å². The molecule has 1 N–H and O–H groups in total. The van der Waals surface area contributed by atoms with Crippen LogP contribution in [-0.4, -0.2) is 37.0 Å². The van der Waals surface area contributed by atoms with E-state index in [4.69, 9.17) is 0 Å². The van der Waals surface area contributed by atoms with Gasteiger partial charge in [0.2, 0.25) is 0 Å². The number of alkyl halides is 5. The first-order valence-corrected chi connectivity index (χ1v) is 9.63. The number of hydrogen-bond donors (Lipinski definition) is 1. The van der Waals surface area contributed by atoms with Crippen LogP contribution in [0.5, 0.6) is 11.5 Å². The summed E-state index contributed by atoms with van der Waals surface area (Å²) in [6.45, 7) is -0.553. The highest BCUT2D eigenvalue weighted by Gasteiger charge is 2.31. The molecule has 0 bridgehead atoms. The molecule has 4 nitrogen and oxygen atoms in total. The van der Waals surface area contributed by atoms with Gasteiger partial charge in [0.05, 0.1) is 0 Å². The quantitative estimate of drug-likeness (QED) is 0.464. The van der Waals surface area contributed by atoms with Gasteiger partial charge in [-0.05, 0) is 54.3 Å². The van der Waals surface area contributed by atoms with Crippen LogP contribution in [0.1, 0.15) is 12.0 Å². The molecule has 1 heterocycles. The molecule has 1 atom stereocenters. The average molecular weight is 434 g/mol. The van der Waals surface area contributed by atoms with E-state index in [1.54, 1.807) is 18.2 Å². The van der Waals surface area contributed by atoms with Gasteiger partial charge in [0.15, 0.2) is 0 Å². The summed E-state index contributed by atoms with van der Waals surface area (Å²) < 4.78 is 72.8. The van der Waals surface area contributed by atoms with E-state index < -0.39 is 13.0 Å². The van der Waals surface area contributed by atoms with E-state index in [1.807, 2.05) is 0 Å². The summed E-state index contributed by atoms with van der Waals surface area (Å²) in [6.07, 6.45) is -3.83. The van der Waals surface area contributed by atoms with Crippen LogP contribution in [-0.2, 0) is 6.54 Å². The third-order valence-corrected chi connectivity index (χ3v) is 5.15. The molecule has 0 saturated carbocycles. The van der Waals surface area contributed by atoms with Gasteiger partial charge in [-0.1, -0.05) is 18.2 Å².